The number of fused-ring (bicyclic) bond motifs is 1. The van der Waals surface area contributed by atoms with Gasteiger partial charge in [-0.05, 0) is 12.1 Å². The van der Waals surface area contributed by atoms with Crippen LogP contribution in [0.3, 0.4) is 0 Å². The Bertz CT molecular complexity index is 1050. The molecule has 4 N–H and O–H groups in total. The molecule has 1 aliphatic heterocycles. The van der Waals surface area contributed by atoms with Crippen LogP contribution in [0.1, 0.15) is 20.7 Å². The predicted octanol–water partition coefficient (Wildman–Crippen LogP) is 0.191. The fourth-order valence-electron chi connectivity index (χ4n) is 2.34. The van der Waals surface area contributed by atoms with E-state index < -0.39 is 75.4 Å². The van der Waals surface area contributed by atoms with Crippen LogP contribution in [0.5, 0.6) is 0 Å². The quantitative estimate of drug-likeness (QED) is 0.297. The number of carbonyl (C=O) groups excluding carboxylic acids is 2. The summed E-state index contributed by atoms with van der Waals surface area (Å²) in [5.41, 5.74) is 5.15. The lowest BCUT2D eigenvalue weighted by atomic mass is 10.1. The van der Waals surface area contributed by atoms with Gasteiger partial charge in [-0.25, -0.2) is 26.3 Å². The van der Waals surface area contributed by atoms with E-state index in [4.69, 9.17) is 5.73 Å². The maximum Gasteiger partial charge on any atom is 0.402 e. The molecule has 18 heteroatoms. The van der Waals surface area contributed by atoms with Crippen LogP contribution in [0.25, 0.3) is 0 Å². The van der Waals surface area contributed by atoms with Gasteiger partial charge in [0.2, 0.25) is 20.0 Å². The molecule has 194 valence electrons. The van der Waals surface area contributed by atoms with Gasteiger partial charge in [-0.15, -0.1) is 0 Å². The Morgan fingerprint density at radius 3 is 1.50 bits per heavy atom. The molecule has 0 unspecified atom stereocenters. The highest BCUT2D eigenvalue weighted by atomic mass is 32.2. The molecule has 34 heavy (non-hydrogen) atoms. The number of nitrogens with one attached hydrogen (secondary N) is 2. The number of amides is 2. The van der Waals surface area contributed by atoms with Crippen molar-refractivity contribution in [1.29, 1.82) is 0 Å². The Morgan fingerprint density at radius 2 is 1.15 bits per heavy atom. The number of alkyl halides is 6. The highest BCUT2D eigenvalue weighted by Crippen LogP contribution is 2.22. The van der Waals surface area contributed by atoms with Crippen LogP contribution in [0, 0.1) is 0 Å². The fourth-order valence-corrected chi connectivity index (χ4v) is 4.13. The Labute approximate surface area is 190 Å². The predicted molar refractivity (Wildman–Crippen MR) is 107 cm³/mol. The second kappa shape index (κ2) is 11.4. The smallest absolute Gasteiger partial charge is 0.329 e. The van der Waals surface area contributed by atoms with E-state index in [0.29, 0.717) is 4.90 Å². The fraction of sp³-hybridized carbons (Fsp3) is 0.500. The van der Waals surface area contributed by atoms with E-state index in [-0.39, 0.29) is 17.7 Å². The SMILES string of the molecule is NCCS(=O)(=O)NCC(F)(F)F.O=C1c2ccccc2C(=O)N1CCS(=O)(=O)NCC(F)(F)F. The number of carbonyl (C=O) groups is 2. The van der Waals surface area contributed by atoms with Crippen molar-refractivity contribution in [3.63, 3.8) is 0 Å². The van der Waals surface area contributed by atoms with Crippen molar-refractivity contribution < 1.29 is 52.8 Å². The van der Waals surface area contributed by atoms with Gasteiger partial charge in [-0.1, -0.05) is 12.1 Å². The Kier molecular flexibility index (Phi) is 10.0. The first-order valence-electron chi connectivity index (χ1n) is 9.11. The number of imide groups is 1. The Balaban J connectivity index is 0.000000411. The van der Waals surface area contributed by atoms with Gasteiger partial charge in [-0.3, -0.25) is 14.5 Å². The standard InChI is InChI=1S/C12H11F3N2O4S.C4H9F3N2O2S/c13-12(14,15)7-16-22(20,21)6-5-17-10(18)8-3-1-2-4-9(8)11(17)19;5-4(6,7)3-9-12(10,11)2-1-8/h1-4,16H,5-7H2;9H,1-3,8H2. The topological polar surface area (TPSA) is 156 Å². The highest BCUT2D eigenvalue weighted by molar-refractivity contribution is 7.89. The van der Waals surface area contributed by atoms with Crippen molar-refractivity contribution in [3.05, 3.63) is 35.4 Å². The van der Waals surface area contributed by atoms with E-state index in [1.54, 1.807) is 12.1 Å². The summed E-state index contributed by atoms with van der Waals surface area (Å²) in [5, 5.41) is 0. The molecule has 0 atom stereocenters. The maximum absolute atomic E-state index is 12.0. The van der Waals surface area contributed by atoms with E-state index in [2.05, 4.69) is 0 Å². The van der Waals surface area contributed by atoms with E-state index in [1.807, 2.05) is 0 Å². The van der Waals surface area contributed by atoms with Crippen molar-refractivity contribution in [1.82, 2.24) is 14.3 Å². The molecule has 1 aromatic rings. The molecule has 0 saturated carbocycles. The van der Waals surface area contributed by atoms with Gasteiger partial charge < -0.3 is 5.73 Å². The van der Waals surface area contributed by atoms with Gasteiger partial charge in [0.1, 0.15) is 13.1 Å². The van der Waals surface area contributed by atoms with E-state index in [1.165, 1.54) is 21.6 Å². The molecule has 1 aromatic carbocycles. The van der Waals surface area contributed by atoms with Crippen LogP contribution in [0.2, 0.25) is 0 Å². The molecule has 2 amide bonds. The average molecular weight is 542 g/mol. The van der Waals surface area contributed by atoms with E-state index >= 15 is 0 Å². The number of nitrogens with zero attached hydrogens (tertiary/aromatic N) is 1. The van der Waals surface area contributed by atoms with Crippen molar-refractivity contribution in [2.24, 2.45) is 5.73 Å². The number of sulfonamides is 2. The minimum atomic E-state index is -4.68. The van der Waals surface area contributed by atoms with Crippen molar-refractivity contribution in [2.75, 3.05) is 37.7 Å². The largest absolute Gasteiger partial charge is 0.402 e. The number of hydrogen-bond donors (Lipinski definition) is 3. The molecule has 0 bridgehead atoms. The number of nitrogens with two attached hydrogens (primary N) is 1. The molecular weight excluding hydrogens is 522 g/mol. The molecule has 0 aliphatic carbocycles. The second-order valence-electron chi connectivity index (χ2n) is 6.61. The summed E-state index contributed by atoms with van der Waals surface area (Å²) in [7, 11) is -8.11. The van der Waals surface area contributed by atoms with E-state index in [9.17, 15) is 52.8 Å². The van der Waals surface area contributed by atoms with Gasteiger partial charge in [-0.2, -0.15) is 26.3 Å². The Hall–Kier alpha value is -2.28. The van der Waals surface area contributed by atoms with Crippen molar-refractivity contribution in [2.45, 2.75) is 12.4 Å². The lowest BCUT2D eigenvalue weighted by molar-refractivity contribution is -0.122. The molecular formula is C16H20F6N4O6S2. The molecule has 1 heterocycles. The molecule has 0 aromatic heterocycles. The molecule has 0 saturated heterocycles. The maximum atomic E-state index is 12.0. The van der Waals surface area contributed by atoms with Crippen molar-refractivity contribution >= 4 is 31.9 Å². The zero-order valence-electron chi connectivity index (χ0n) is 17.1. The summed E-state index contributed by atoms with van der Waals surface area (Å²) in [6, 6.07) is 5.95. The van der Waals surface area contributed by atoms with Crippen LogP contribution in [0.4, 0.5) is 26.3 Å². The number of rotatable bonds is 9. The molecule has 10 nitrogen and oxygen atoms in total. The number of halogens is 6. The van der Waals surface area contributed by atoms with E-state index in [0.717, 1.165) is 0 Å². The van der Waals surface area contributed by atoms with Crippen LogP contribution in [-0.4, -0.2) is 83.6 Å². The second-order valence-corrected chi connectivity index (χ2v) is 10.5. The number of hydrogen-bond acceptors (Lipinski definition) is 7. The normalized spacial score (nSPS) is 14.6. The molecule has 0 fully saturated rings. The zero-order valence-corrected chi connectivity index (χ0v) is 18.7. The summed E-state index contributed by atoms with van der Waals surface area (Å²) >= 11 is 0. The minimum absolute atomic E-state index is 0.146. The van der Waals surface area contributed by atoms with Gasteiger partial charge in [0.25, 0.3) is 11.8 Å². The third-order valence-corrected chi connectivity index (χ3v) is 6.49. The van der Waals surface area contributed by atoms with Gasteiger partial charge >= 0.3 is 12.4 Å². The van der Waals surface area contributed by atoms with Crippen LogP contribution in [-0.2, 0) is 20.0 Å². The highest BCUT2D eigenvalue weighted by Gasteiger charge is 2.36. The first-order valence-corrected chi connectivity index (χ1v) is 12.4. The number of benzene rings is 1. The Morgan fingerprint density at radius 1 is 0.765 bits per heavy atom. The summed E-state index contributed by atoms with van der Waals surface area (Å²) in [5.74, 6) is -2.62. The first kappa shape index (κ1) is 29.8. The summed E-state index contributed by atoms with van der Waals surface area (Å²) < 4.78 is 117. The average Bonchev–Trinajstić information content (AvgIpc) is 2.94. The lowest BCUT2D eigenvalue weighted by Gasteiger charge is -2.14. The lowest BCUT2D eigenvalue weighted by Crippen LogP contribution is -2.40. The van der Waals surface area contributed by atoms with Crippen LogP contribution < -0.4 is 15.2 Å². The molecule has 1 aliphatic rings. The summed E-state index contributed by atoms with van der Waals surface area (Å²) in [4.78, 5) is 24.6. The molecule has 0 spiro atoms. The summed E-state index contributed by atoms with van der Waals surface area (Å²) in [6.07, 6.45) is -9.20. The monoisotopic (exact) mass is 542 g/mol. The first-order chi connectivity index (χ1) is 15.4. The molecule has 0 radical (unpaired) electrons. The van der Waals surface area contributed by atoms with Gasteiger partial charge in [0.15, 0.2) is 0 Å². The van der Waals surface area contributed by atoms with Crippen molar-refractivity contribution in [3.8, 4) is 0 Å². The third-order valence-electron chi connectivity index (χ3n) is 3.83. The molecule has 2 rings (SSSR count). The third kappa shape index (κ3) is 10.3. The zero-order chi connectivity index (χ0) is 26.4. The minimum Gasteiger partial charge on any atom is -0.329 e. The summed E-state index contributed by atoms with van der Waals surface area (Å²) in [6.45, 7) is -3.96. The van der Waals surface area contributed by atoms with Crippen LogP contribution >= 0.6 is 0 Å². The van der Waals surface area contributed by atoms with Gasteiger partial charge in [0.05, 0.1) is 22.6 Å². The van der Waals surface area contributed by atoms with Gasteiger partial charge in [0, 0.05) is 13.1 Å². The van der Waals surface area contributed by atoms with Crippen LogP contribution in [0.15, 0.2) is 24.3 Å².